The highest BCUT2D eigenvalue weighted by Gasteiger charge is 2.23. The molecule has 2 heterocycles. The SMILES string of the molecule is Cc1cccc(C(=O)N2CCN(Cc3noc(-c4ccccc4)n3)CC2)c1. The van der Waals surface area contributed by atoms with Gasteiger partial charge in [-0.1, -0.05) is 41.1 Å². The molecule has 138 valence electrons. The zero-order chi connectivity index (χ0) is 18.6. The average molecular weight is 362 g/mol. The predicted molar refractivity (Wildman–Crippen MR) is 102 cm³/mol. The van der Waals surface area contributed by atoms with Crippen molar-refractivity contribution in [1.82, 2.24) is 19.9 Å². The topological polar surface area (TPSA) is 62.5 Å². The van der Waals surface area contributed by atoms with Gasteiger partial charge in [-0.2, -0.15) is 4.98 Å². The lowest BCUT2D eigenvalue weighted by Gasteiger charge is -2.34. The lowest BCUT2D eigenvalue weighted by molar-refractivity contribution is 0.0624. The average Bonchev–Trinajstić information content (AvgIpc) is 3.17. The molecule has 1 saturated heterocycles. The second-order valence-corrected chi connectivity index (χ2v) is 6.82. The molecule has 0 saturated carbocycles. The Kier molecular flexibility index (Phi) is 4.98. The van der Waals surface area contributed by atoms with Crippen molar-refractivity contribution < 1.29 is 9.32 Å². The molecule has 1 aromatic heterocycles. The molecule has 0 unspecified atom stereocenters. The normalized spacial score (nSPS) is 15.1. The van der Waals surface area contributed by atoms with Gasteiger partial charge in [0.1, 0.15) is 0 Å². The minimum Gasteiger partial charge on any atom is -0.336 e. The van der Waals surface area contributed by atoms with Gasteiger partial charge < -0.3 is 9.42 Å². The van der Waals surface area contributed by atoms with E-state index in [-0.39, 0.29) is 5.91 Å². The number of rotatable bonds is 4. The monoisotopic (exact) mass is 362 g/mol. The van der Waals surface area contributed by atoms with Gasteiger partial charge >= 0.3 is 0 Å². The number of carbonyl (C=O) groups excluding carboxylic acids is 1. The van der Waals surface area contributed by atoms with Gasteiger partial charge in [0.2, 0.25) is 0 Å². The smallest absolute Gasteiger partial charge is 0.257 e. The van der Waals surface area contributed by atoms with Gasteiger partial charge in [0.25, 0.3) is 11.8 Å². The van der Waals surface area contributed by atoms with Crippen LogP contribution in [-0.2, 0) is 6.54 Å². The minimum atomic E-state index is 0.101. The van der Waals surface area contributed by atoms with E-state index in [1.165, 1.54) is 0 Å². The van der Waals surface area contributed by atoms with Crippen molar-refractivity contribution in [3.8, 4) is 11.5 Å². The lowest BCUT2D eigenvalue weighted by Crippen LogP contribution is -2.48. The summed E-state index contributed by atoms with van der Waals surface area (Å²) in [6, 6.07) is 17.5. The number of hydrogen-bond acceptors (Lipinski definition) is 5. The predicted octanol–water partition coefficient (Wildman–Crippen LogP) is 3.00. The molecule has 0 spiro atoms. The molecule has 1 aliphatic rings. The van der Waals surface area contributed by atoms with Crippen LogP contribution in [-0.4, -0.2) is 52.0 Å². The molecule has 1 fully saturated rings. The summed E-state index contributed by atoms with van der Waals surface area (Å²) < 4.78 is 5.37. The Bertz CT molecular complexity index is 915. The number of amides is 1. The molecule has 0 atom stereocenters. The van der Waals surface area contributed by atoms with Crippen molar-refractivity contribution in [1.29, 1.82) is 0 Å². The highest BCUT2D eigenvalue weighted by molar-refractivity contribution is 5.94. The molecule has 0 aliphatic carbocycles. The fourth-order valence-electron chi connectivity index (χ4n) is 3.29. The van der Waals surface area contributed by atoms with Crippen molar-refractivity contribution in [2.24, 2.45) is 0 Å². The summed E-state index contributed by atoms with van der Waals surface area (Å²) in [6.07, 6.45) is 0. The first-order chi connectivity index (χ1) is 13.2. The highest BCUT2D eigenvalue weighted by atomic mass is 16.5. The quantitative estimate of drug-likeness (QED) is 0.714. The summed E-state index contributed by atoms with van der Waals surface area (Å²) in [5.74, 6) is 1.32. The Morgan fingerprint density at radius 2 is 1.81 bits per heavy atom. The highest BCUT2D eigenvalue weighted by Crippen LogP contribution is 2.17. The Hall–Kier alpha value is -2.99. The summed E-state index contributed by atoms with van der Waals surface area (Å²) in [7, 11) is 0. The molecule has 0 bridgehead atoms. The number of nitrogens with zero attached hydrogens (tertiary/aromatic N) is 4. The fourth-order valence-corrected chi connectivity index (χ4v) is 3.29. The van der Waals surface area contributed by atoms with Crippen LogP contribution in [0.3, 0.4) is 0 Å². The van der Waals surface area contributed by atoms with E-state index in [1.54, 1.807) is 0 Å². The van der Waals surface area contributed by atoms with Crippen LogP contribution in [0.2, 0.25) is 0 Å². The third-order valence-corrected chi connectivity index (χ3v) is 4.78. The van der Waals surface area contributed by atoms with Gasteiger partial charge in [-0.25, -0.2) is 0 Å². The van der Waals surface area contributed by atoms with Crippen molar-refractivity contribution in [3.05, 3.63) is 71.5 Å². The Balaban J connectivity index is 1.33. The zero-order valence-electron chi connectivity index (χ0n) is 15.3. The van der Waals surface area contributed by atoms with E-state index in [9.17, 15) is 4.79 Å². The van der Waals surface area contributed by atoms with Gasteiger partial charge in [0.15, 0.2) is 5.82 Å². The van der Waals surface area contributed by atoms with Gasteiger partial charge in [-0.3, -0.25) is 9.69 Å². The van der Waals surface area contributed by atoms with E-state index in [0.717, 1.165) is 29.8 Å². The number of aryl methyl sites for hydroxylation is 1. The van der Waals surface area contributed by atoms with E-state index in [1.807, 2.05) is 66.4 Å². The van der Waals surface area contributed by atoms with E-state index in [2.05, 4.69) is 15.0 Å². The Morgan fingerprint density at radius 1 is 1.04 bits per heavy atom. The molecule has 2 aromatic carbocycles. The largest absolute Gasteiger partial charge is 0.336 e. The number of carbonyl (C=O) groups is 1. The second kappa shape index (κ2) is 7.72. The van der Waals surface area contributed by atoms with Gasteiger partial charge in [-0.15, -0.1) is 0 Å². The minimum absolute atomic E-state index is 0.101. The fraction of sp³-hybridized carbons (Fsp3) is 0.286. The maximum Gasteiger partial charge on any atom is 0.257 e. The first-order valence-electron chi connectivity index (χ1n) is 9.15. The van der Waals surface area contributed by atoms with Crippen LogP contribution in [0.5, 0.6) is 0 Å². The van der Waals surface area contributed by atoms with Crippen molar-refractivity contribution in [3.63, 3.8) is 0 Å². The molecule has 4 rings (SSSR count). The molecular formula is C21H22N4O2. The molecular weight excluding hydrogens is 340 g/mol. The molecule has 6 heteroatoms. The van der Waals surface area contributed by atoms with Crippen LogP contribution in [0.4, 0.5) is 0 Å². The second-order valence-electron chi connectivity index (χ2n) is 6.82. The summed E-state index contributed by atoms with van der Waals surface area (Å²) in [4.78, 5) is 21.3. The maximum atomic E-state index is 12.6. The number of piperazine rings is 1. The van der Waals surface area contributed by atoms with E-state index in [4.69, 9.17) is 4.52 Å². The third kappa shape index (κ3) is 4.06. The summed E-state index contributed by atoms with van der Waals surface area (Å²) in [5.41, 5.74) is 2.78. The molecule has 1 amide bonds. The van der Waals surface area contributed by atoms with Gasteiger partial charge in [-0.05, 0) is 31.2 Å². The van der Waals surface area contributed by atoms with Crippen molar-refractivity contribution in [2.45, 2.75) is 13.5 Å². The summed E-state index contributed by atoms with van der Waals surface area (Å²) >= 11 is 0. The molecule has 27 heavy (non-hydrogen) atoms. The standard InChI is InChI=1S/C21H22N4O2/c1-16-6-5-9-18(14-16)21(26)25-12-10-24(11-13-25)15-19-22-20(27-23-19)17-7-3-2-4-8-17/h2-9,14H,10-13,15H2,1H3. The van der Waals surface area contributed by atoms with Crippen LogP contribution < -0.4 is 0 Å². The number of hydrogen-bond donors (Lipinski definition) is 0. The van der Waals surface area contributed by atoms with E-state index < -0.39 is 0 Å². The van der Waals surface area contributed by atoms with Crippen molar-refractivity contribution in [2.75, 3.05) is 26.2 Å². The summed E-state index contributed by atoms with van der Waals surface area (Å²) in [6.45, 7) is 5.64. The van der Waals surface area contributed by atoms with Crippen LogP contribution in [0.15, 0.2) is 59.1 Å². The first-order valence-corrected chi connectivity index (χ1v) is 9.15. The molecule has 1 aliphatic heterocycles. The Labute approximate surface area is 158 Å². The third-order valence-electron chi connectivity index (χ3n) is 4.78. The maximum absolute atomic E-state index is 12.6. The van der Waals surface area contributed by atoms with Crippen LogP contribution in [0, 0.1) is 6.92 Å². The van der Waals surface area contributed by atoms with Crippen LogP contribution >= 0.6 is 0 Å². The number of benzene rings is 2. The van der Waals surface area contributed by atoms with E-state index in [0.29, 0.717) is 31.3 Å². The summed E-state index contributed by atoms with van der Waals surface area (Å²) in [5, 5.41) is 4.09. The van der Waals surface area contributed by atoms with Crippen LogP contribution in [0.25, 0.3) is 11.5 Å². The van der Waals surface area contributed by atoms with E-state index >= 15 is 0 Å². The molecule has 0 N–H and O–H groups in total. The van der Waals surface area contributed by atoms with Crippen LogP contribution in [0.1, 0.15) is 21.7 Å². The number of aromatic nitrogens is 2. The van der Waals surface area contributed by atoms with Gasteiger partial charge in [0.05, 0.1) is 6.54 Å². The van der Waals surface area contributed by atoms with Gasteiger partial charge in [0, 0.05) is 37.3 Å². The molecule has 6 nitrogen and oxygen atoms in total. The Morgan fingerprint density at radius 3 is 2.56 bits per heavy atom. The molecule has 0 radical (unpaired) electrons. The lowest BCUT2D eigenvalue weighted by atomic mass is 10.1. The first kappa shape index (κ1) is 17.4. The van der Waals surface area contributed by atoms with Crippen molar-refractivity contribution >= 4 is 5.91 Å². The molecule has 3 aromatic rings. The zero-order valence-corrected chi connectivity index (χ0v) is 15.3.